The summed E-state index contributed by atoms with van der Waals surface area (Å²) >= 11 is 0. The van der Waals surface area contributed by atoms with Crippen LogP contribution < -0.4 is 16.0 Å². The van der Waals surface area contributed by atoms with Gasteiger partial charge in [0.2, 0.25) is 0 Å². The summed E-state index contributed by atoms with van der Waals surface area (Å²) < 4.78 is 39.0. The molecular weight excluding hydrogens is 353 g/mol. The Morgan fingerprint density at radius 1 is 1.07 bits per heavy atom. The molecule has 138 valence electrons. The monoisotopic (exact) mass is 370 g/mol. The maximum atomic E-state index is 13.0. The van der Waals surface area contributed by atoms with Crippen LogP contribution in [0.25, 0.3) is 0 Å². The minimum Gasteiger partial charge on any atom is -0.387 e. The Labute approximate surface area is 154 Å². The smallest absolute Gasteiger partial charge is 0.387 e. The Morgan fingerprint density at radius 2 is 1.93 bits per heavy atom. The third-order valence-corrected chi connectivity index (χ3v) is 4.32. The van der Waals surface area contributed by atoms with Gasteiger partial charge in [0.1, 0.15) is 12.0 Å². The van der Waals surface area contributed by atoms with E-state index in [1.165, 1.54) is 6.07 Å². The van der Waals surface area contributed by atoms with Crippen LogP contribution in [-0.4, -0.2) is 18.5 Å². The number of anilines is 2. The van der Waals surface area contributed by atoms with Crippen molar-refractivity contribution in [1.82, 2.24) is 5.32 Å². The van der Waals surface area contributed by atoms with Gasteiger partial charge in [0.15, 0.2) is 0 Å². The lowest BCUT2D eigenvalue weighted by Crippen LogP contribution is -2.31. The number of fused-ring (bicyclic) bond motifs is 1. The highest BCUT2D eigenvalue weighted by molar-refractivity contribution is 6.12. The van der Waals surface area contributed by atoms with Crippen molar-refractivity contribution in [3.63, 3.8) is 0 Å². The molecule has 0 amide bonds. The number of nitrogens with zero attached hydrogens (tertiary/aromatic N) is 1. The summed E-state index contributed by atoms with van der Waals surface area (Å²) in [5.74, 6) is 0.522. The van der Waals surface area contributed by atoms with E-state index < -0.39 is 11.7 Å². The SMILES string of the molecule is FC(F)(F)c1cccc(NC2=NC(C3=CNCC=C3)Nc3ccccc32)c1. The molecular formula is C20H17F3N4. The van der Waals surface area contributed by atoms with E-state index in [2.05, 4.69) is 20.9 Å². The normalized spacial score (nSPS) is 18.6. The van der Waals surface area contributed by atoms with E-state index in [0.717, 1.165) is 35.5 Å². The van der Waals surface area contributed by atoms with Crippen molar-refractivity contribution in [2.75, 3.05) is 17.2 Å². The van der Waals surface area contributed by atoms with E-state index in [1.54, 1.807) is 6.07 Å². The van der Waals surface area contributed by atoms with Gasteiger partial charge in [-0.3, -0.25) is 0 Å². The molecule has 4 rings (SSSR count). The van der Waals surface area contributed by atoms with Crippen LogP contribution in [-0.2, 0) is 6.18 Å². The van der Waals surface area contributed by atoms with Crippen molar-refractivity contribution in [3.05, 3.63) is 83.6 Å². The standard InChI is InChI=1S/C20H17F3N4/c21-20(22,23)14-6-3-7-15(11-14)25-19-16-8-1-2-9-17(16)26-18(27-19)13-5-4-10-24-12-13/h1-9,11-12,18,24,26H,10H2,(H,25,27). The second-order valence-corrected chi connectivity index (χ2v) is 6.23. The van der Waals surface area contributed by atoms with Gasteiger partial charge in [-0.1, -0.05) is 30.4 Å². The Balaban J connectivity index is 1.69. The van der Waals surface area contributed by atoms with Crippen LogP contribution in [0.3, 0.4) is 0 Å². The summed E-state index contributed by atoms with van der Waals surface area (Å²) in [6.45, 7) is 0.756. The Morgan fingerprint density at radius 3 is 2.70 bits per heavy atom. The van der Waals surface area contributed by atoms with Crippen molar-refractivity contribution >= 4 is 17.2 Å². The lowest BCUT2D eigenvalue weighted by molar-refractivity contribution is -0.137. The number of nitrogens with one attached hydrogen (secondary N) is 3. The average Bonchev–Trinajstić information content (AvgIpc) is 2.68. The predicted molar refractivity (Wildman–Crippen MR) is 101 cm³/mol. The number of para-hydroxylation sites is 1. The van der Waals surface area contributed by atoms with E-state index in [0.29, 0.717) is 11.5 Å². The predicted octanol–water partition coefficient (Wildman–Crippen LogP) is 4.36. The highest BCUT2D eigenvalue weighted by Crippen LogP contribution is 2.31. The number of alkyl halides is 3. The van der Waals surface area contributed by atoms with E-state index >= 15 is 0 Å². The maximum absolute atomic E-state index is 13.0. The highest BCUT2D eigenvalue weighted by Gasteiger charge is 2.30. The van der Waals surface area contributed by atoms with Gasteiger partial charge in [0.25, 0.3) is 0 Å². The van der Waals surface area contributed by atoms with Crippen molar-refractivity contribution in [2.24, 2.45) is 4.99 Å². The average molecular weight is 370 g/mol. The molecule has 7 heteroatoms. The molecule has 4 nitrogen and oxygen atoms in total. The minimum absolute atomic E-state index is 0.336. The Kier molecular flexibility index (Phi) is 4.35. The lowest BCUT2D eigenvalue weighted by atomic mass is 10.1. The summed E-state index contributed by atoms with van der Waals surface area (Å²) in [6, 6.07) is 12.7. The van der Waals surface area contributed by atoms with Crippen LogP contribution in [0, 0.1) is 0 Å². The van der Waals surface area contributed by atoms with Gasteiger partial charge in [-0.2, -0.15) is 13.2 Å². The first-order valence-electron chi connectivity index (χ1n) is 8.49. The molecule has 0 spiro atoms. The van der Waals surface area contributed by atoms with Crippen molar-refractivity contribution in [2.45, 2.75) is 12.3 Å². The number of benzene rings is 2. The summed E-state index contributed by atoms with van der Waals surface area (Å²) in [6.07, 6.45) is 1.13. The summed E-state index contributed by atoms with van der Waals surface area (Å²) in [4.78, 5) is 4.69. The van der Waals surface area contributed by atoms with Gasteiger partial charge >= 0.3 is 6.18 Å². The van der Waals surface area contributed by atoms with Crippen LogP contribution in [0.5, 0.6) is 0 Å². The molecule has 0 saturated heterocycles. The zero-order valence-corrected chi connectivity index (χ0v) is 14.2. The minimum atomic E-state index is -4.39. The van der Waals surface area contributed by atoms with E-state index in [9.17, 15) is 13.2 Å². The zero-order valence-electron chi connectivity index (χ0n) is 14.2. The maximum Gasteiger partial charge on any atom is 0.416 e. The molecule has 2 aromatic rings. The Hall–Kier alpha value is -3.22. The fourth-order valence-corrected chi connectivity index (χ4v) is 3.02. The molecule has 27 heavy (non-hydrogen) atoms. The van der Waals surface area contributed by atoms with E-state index in [4.69, 9.17) is 0 Å². The highest BCUT2D eigenvalue weighted by atomic mass is 19.4. The lowest BCUT2D eigenvalue weighted by Gasteiger charge is -2.27. The number of amidine groups is 1. The zero-order chi connectivity index (χ0) is 18.9. The topological polar surface area (TPSA) is 48.5 Å². The molecule has 1 atom stereocenters. The number of hydrogen-bond donors (Lipinski definition) is 3. The van der Waals surface area contributed by atoms with Crippen LogP contribution >= 0.6 is 0 Å². The van der Waals surface area contributed by atoms with Crippen LogP contribution in [0.4, 0.5) is 24.5 Å². The molecule has 2 heterocycles. The van der Waals surface area contributed by atoms with E-state index in [1.807, 2.05) is 42.6 Å². The number of rotatable bonds is 2. The first-order chi connectivity index (χ1) is 13.0. The van der Waals surface area contributed by atoms with Crippen molar-refractivity contribution < 1.29 is 13.2 Å². The summed E-state index contributed by atoms with van der Waals surface area (Å²) in [7, 11) is 0. The molecule has 2 aromatic carbocycles. The van der Waals surface area contributed by atoms with Crippen LogP contribution in [0.15, 0.2) is 77.4 Å². The number of hydrogen-bond acceptors (Lipinski definition) is 4. The first-order valence-corrected chi connectivity index (χ1v) is 8.49. The van der Waals surface area contributed by atoms with Gasteiger partial charge in [-0.25, -0.2) is 4.99 Å². The van der Waals surface area contributed by atoms with Crippen molar-refractivity contribution in [3.8, 4) is 0 Å². The summed E-state index contributed by atoms with van der Waals surface area (Å²) in [5.41, 5.74) is 2.25. The molecule has 3 N–H and O–H groups in total. The van der Waals surface area contributed by atoms with Gasteiger partial charge in [-0.05, 0) is 30.3 Å². The van der Waals surface area contributed by atoms with Gasteiger partial charge in [-0.15, -0.1) is 0 Å². The number of dihydropyridines is 1. The third kappa shape index (κ3) is 3.67. The molecule has 2 aliphatic heterocycles. The fourth-order valence-electron chi connectivity index (χ4n) is 3.02. The molecule has 0 aromatic heterocycles. The third-order valence-electron chi connectivity index (χ3n) is 4.32. The van der Waals surface area contributed by atoms with Crippen LogP contribution in [0.1, 0.15) is 11.1 Å². The second-order valence-electron chi connectivity index (χ2n) is 6.23. The fraction of sp³-hybridized carbons (Fsp3) is 0.150. The van der Waals surface area contributed by atoms with Gasteiger partial charge in [0, 0.05) is 35.3 Å². The molecule has 0 aliphatic carbocycles. The van der Waals surface area contributed by atoms with Gasteiger partial charge in [0.05, 0.1) is 5.56 Å². The quantitative estimate of drug-likeness (QED) is 0.736. The molecule has 2 aliphatic rings. The molecule has 0 fully saturated rings. The molecule has 0 bridgehead atoms. The first kappa shape index (κ1) is 17.2. The van der Waals surface area contributed by atoms with E-state index in [-0.39, 0.29) is 6.17 Å². The Bertz CT molecular complexity index is 944. The van der Waals surface area contributed by atoms with Crippen molar-refractivity contribution in [1.29, 1.82) is 0 Å². The largest absolute Gasteiger partial charge is 0.416 e. The molecule has 0 saturated carbocycles. The van der Waals surface area contributed by atoms with Crippen LogP contribution in [0.2, 0.25) is 0 Å². The summed E-state index contributed by atoms with van der Waals surface area (Å²) in [5, 5.41) is 9.55. The number of halogens is 3. The number of aliphatic imine (C=N–C) groups is 1. The molecule has 1 unspecified atom stereocenters. The van der Waals surface area contributed by atoms with Gasteiger partial charge < -0.3 is 16.0 Å². The molecule has 0 radical (unpaired) electrons. The second kappa shape index (κ2) is 6.83.